The number of rotatable bonds is 4. The molecular weight excluding hydrogens is 206 g/mol. The maximum absolute atomic E-state index is 5.53. The van der Waals surface area contributed by atoms with Crippen LogP contribution in [0.3, 0.4) is 0 Å². The van der Waals surface area contributed by atoms with Crippen molar-refractivity contribution < 1.29 is 17.3 Å². The molecule has 82 valence electrons. The highest BCUT2D eigenvalue weighted by Gasteiger charge is 2.15. The lowest BCUT2D eigenvalue weighted by Gasteiger charge is -2.19. The summed E-state index contributed by atoms with van der Waals surface area (Å²) >= 11 is 0. The molecule has 1 nitrogen and oxygen atoms in total. The lowest BCUT2D eigenvalue weighted by Crippen LogP contribution is -3.08. The molecule has 2 atom stereocenters. The Balaban J connectivity index is 0.00000196. The number of benzene rings is 1. The molecule has 2 heteroatoms. The van der Waals surface area contributed by atoms with Crippen LogP contribution in [-0.2, 0) is 0 Å². The normalized spacial score (nSPS) is 13.4. The second-order valence-electron chi connectivity index (χ2n) is 3.56. The van der Waals surface area contributed by atoms with Crippen molar-refractivity contribution in [1.29, 1.82) is 0 Å². The van der Waals surface area contributed by atoms with Gasteiger partial charge in [0.1, 0.15) is 5.69 Å². The molecule has 0 saturated carbocycles. The van der Waals surface area contributed by atoms with Crippen LogP contribution in [0, 0.1) is 12.3 Å². The summed E-state index contributed by atoms with van der Waals surface area (Å²) in [5, 5.41) is 0. The van der Waals surface area contributed by atoms with Crippen LogP contribution in [0.4, 0.5) is 5.69 Å². The molecule has 15 heavy (non-hydrogen) atoms. The molecule has 0 spiro atoms. The van der Waals surface area contributed by atoms with Crippen molar-refractivity contribution in [3.05, 3.63) is 30.3 Å². The molecule has 1 aromatic rings. The van der Waals surface area contributed by atoms with Gasteiger partial charge in [0, 0.05) is 6.42 Å². The van der Waals surface area contributed by atoms with Gasteiger partial charge in [0.2, 0.25) is 0 Å². The Bertz CT molecular complexity index is 302. The summed E-state index contributed by atoms with van der Waals surface area (Å²) < 4.78 is 0. The molecule has 0 amide bonds. The molecule has 0 fully saturated rings. The molecule has 0 aliphatic heterocycles. The molecule has 0 aliphatic carbocycles. The molecular formula is C13H18ClN. The van der Waals surface area contributed by atoms with Crippen LogP contribution in [0.2, 0.25) is 0 Å². The summed E-state index contributed by atoms with van der Waals surface area (Å²) in [6, 6.07) is 10.7. The first-order chi connectivity index (χ1) is 6.79. The third kappa shape index (κ3) is 3.95. The molecule has 1 N–H and O–H groups in total. The van der Waals surface area contributed by atoms with Crippen molar-refractivity contribution in [3.8, 4) is 12.3 Å². The van der Waals surface area contributed by atoms with E-state index < -0.39 is 0 Å². The maximum atomic E-state index is 5.53. The summed E-state index contributed by atoms with van der Waals surface area (Å²) in [6.07, 6.45) is 7.74. The molecule has 0 aliphatic rings. The topological polar surface area (TPSA) is 4.44 Å². The van der Waals surface area contributed by atoms with Crippen LogP contribution in [0.1, 0.15) is 19.8 Å². The highest BCUT2D eigenvalue weighted by molar-refractivity contribution is 5.28. The first kappa shape index (κ1) is 14.0. The zero-order chi connectivity index (χ0) is 10.4. The van der Waals surface area contributed by atoms with Gasteiger partial charge in [-0.1, -0.05) is 25.1 Å². The van der Waals surface area contributed by atoms with Gasteiger partial charge in [-0.15, -0.1) is 6.42 Å². The van der Waals surface area contributed by atoms with E-state index in [2.05, 4.69) is 44.2 Å². The number of hydrogen-bond donors (Lipinski definition) is 1. The first-order valence-electron chi connectivity index (χ1n) is 5.14. The highest BCUT2D eigenvalue weighted by atomic mass is 35.5. The molecule has 1 unspecified atom stereocenters. The molecule has 1 rings (SSSR count). The van der Waals surface area contributed by atoms with Crippen LogP contribution < -0.4 is 17.3 Å². The Morgan fingerprint density at radius 3 is 2.40 bits per heavy atom. The minimum Gasteiger partial charge on any atom is -1.00 e. The third-order valence-corrected chi connectivity index (χ3v) is 2.53. The minimum atomic E-state index is 0. The van der Waals surface area contributed by atoms with Gasteiger partial charge >= 0.3 is 0 Å². The van der Waals surface area contributed by atoms with E-state index in [0.29, 0.717) is 6.04 Å². The zero-order valence-electron chi connectivity index (χ0n) is 9.33. The van der Waals surface area contributed by atoms with Gasteiger partial charge in [0.15, 0.2) is 6.04 Å². The highest BCUT2D eigenvalue weighted by Crippen LogP contribution is 2.01. The van der Waals surface area contributed by atoms with Gasteiger partial charge in [-0.2, -0.15) is 0 Å². The van der Waals surface area contributed by atoms with Crippen molar-refractivity contribution in [2.75, 3.05) is 7.05 Å². The van der Waals surface area contributed by atoms with Crippen molar-refractivity contribution in [2.24, 2.45) is 0 Å². The fraction of sp³-hybridized carbons (Fsp3) is 0.385. The smallest absolute Gasteiger partial charge is 0.153 e. The van der Waals surface area contributed by atoms with E-state index >= 15 is 0 Å². The van der Waals surface area contributed by atoms with Crippen molar-refractivity contribution in [1.82, 2.24) is 0 Å². The predicted molar refractivity (Wildman–Crippen MR) is 60.5 cm³/mol. The maximum Gasteiger partial charge on any atom is 0.153 e. The van der Waals surface area contributed by atoms with Crippen molar-refractivity contribution in [2.45, 2.75) is 25.8 Å². The number of terminal acetylenes is 1. The molecule has 1 aromatic carbocycles. The number of hydrogen-bond acceptors (Lipinski definition) is 0. The van der Waals surface area contributed by atoms with Crippen LogP contribution >= 0.6 is 0 Å². The Kier molecular flexibility index (Phi) is 6.86. The Morgan fingerprint density at radius 1 is 1.33 bits per heavy atom. The fourth-order valence-corrected chi connectivity index (χ4v) is 1.62. The van der Waals surface area contributed by atoms with Crippen LogP contribution in [0.25, 0.3) is 0 Å². The Labute approximate surface area is 98.9 Å². The zero-order valence-corrected chi connectivity index (χ0v) is 10.1. The van der Waals surface area contributed by atoms with Crippen molar-refractivity contribution in [3.63, 3.8) is 0 Å². The van der Waals surface area contributed by atoms with E-state index in [0.717, 1.165) is 12.8 Å². The van der Waals surface area contributed by atoms with Gasteiger partial charge < -0.3 is 12.4 Å². The third-order valence-electron chi connectivity index (χ3n) is 2.53. The number of halogens is 1. The largest absolute Gasteiger partial charge is 1.00 e. The molecule has 0 radical (unpaired) electrons. The summed E-state index contributed by atoms with van der Waals surface area (Å²) in [5.74, 6) is 2.86. The van der Waals surface area contributed by atoms with Crippen LogP contribution in [-0.4, -0.2) is 13.1 Å². The quantitative estimate of drug-likeness (QED) is 0.602. The molecule has 0 bridgehead atoms. The van der Waals surface area contributed by atoms with Gasteiger partial charge in [-0.3, -0.25) is 4.90 Å². The Morgan fingerprint density at radius 2 is 1.93 bits per heavy atom. The summed E-state index contributed by atoms with van der Waals surface area (Å²) in [7, 11) is 2.13. The predicted octanol–water partition coefficient (Wildman–Crippen LogP) is -1.36. The van der Waals surface area contributed by atoms with E-state index in [4.69, 9.17) is 6.42 Å². The lowest BCUT2D eigenvalue weighted by atomic mass is 10.1. The molecule has 0 saturated heterocycles. The van der Waals surface area contributed by atoms with Crippen LogP contribution in [0.15, 0.2) is 30.3 Å². The monoisotopic (exact) mass is 223 g/mol. The average Bonchev–Trinajstić information content (AvgIpc) is 2.26. The standard InChI is InChI=1S/C13H17N.ClH/c1-4-9-12(5-2)14(3)13-10-7-6-8-11-13;/h2,6-8,10-12H,4,9H2,1,3H3;1H/t12-;/m0./s1. The SMILES string of the molecule is C#C[C@@H](CCC)[NH+](C)c1ccccc1.[Cl-]. The van der Waals surface area contributed by atoms with Gasteiger partial charge in [-0.05, 0) is 24.5 Å². The second kappa shape index (κ2) is 7.34. The van der Waals surface area contributed by atoms with Crippen molar-refractivity contribution >= 4 is 5.69 Å². The number of quaternary nitrogens is 1. The van der Waals surface area contributed by atoms with E-state index in [1.54, 1.807) is 0 Å². The summed E-state index contributed by atoms with van der Waals surface area (Å²) in [6.45, 7) is 2.17. The number of para-hydroxylation sites is 1. The van der Waals surface area contributed by atoms with Crippen LogP contribution in [0.5, 0.6) is 0 Å². The Hall–Kier alpha value is -0.970. The molecule has 0 heterocycles. The minimum absolute atomic E-state index is 0. The van der Waals surface area contributed by atoms with Gasteiger partial charge in [0.25, 0.3) is 0 Å². The van der Waals surface area contributed by atoms with E-state index in [1.165, 1.54) is 10.6 Å². The van der Waals surface area contributed by atoms with Gasteiger partial charge in [0.05, 0.1) is 7.05 Å². The van der Waals surface area contributed by atoms with E-state index in [-0.39, 0.29) is 12.4 Å². The second-order valence-corrected chi connectivity index (χ2v) is 3.56. The lowest BCUT2D eigenvalue weighted by molar-refractivity contribution is -0.830. The fourth-order valence-electron chi connectivity index (χ4n) is 1.62. The van der Waals surface area contributed by atoms with E-state index in [1.807, 2.05) is 6.07 Å². The van der Waals surface area contributed by atoms with E-state index in [9.17, 15) is 0 Å². The average molecular weight is 224 g/mol. The molecule has 0 aromatic heterocycles. The van der Waals surface area contributed by atoms with Gasteiger partial charge in [-0.25, -0.2) is 0 Å². The summed E-state index contributed by atoms with van der Waals surface area (Å²) in [4.78, 5) is 1.31. The number of nitrogens with one attached hydrogen (secondary N) is 1. The first-order valence-corrected chi connectivity index (χ1v) is 5.14. The summed E-state index contributed by atoms with van der Waals surface area (Å²) in [5.41, 5.74) is 1.27.